The maximum atomic E-state index is 12.2. The molecule has 2 aromatic carbocycles. The van der Waals surface area contributed by atoms with E-state index in [9.17, 15) is 22.8 Å². The molecule has 2 aromatic rings. The summed E-state index contributed by atoms with van der Waals surface area (Å²) in [7, 11) is 0. The van der Waals surface area contributed by atoms with E-state index in [1.54, 1.807) is 12.1 Å². The van der Waals surface area contributed by atoms with Gasteiger partial charge in [0, 0.05) is 21.4 Å². The first-order valence-corrected chi connectivity index (χ1v) is 8.29. The van der Waals surface area contributed by atoms with Gasteiger partial charge in [0.15, 0.2) is 0 Å². The minimum absolute atomic E-state index is 0.306. The van der Waals surface area contributed by atoms with Crippen molar-refractivity contribution in [3.05, 3.63) is 59.7 Å². The first kappa shape index (κ1) is 19.1. The van der Waals surface area contributed by atoms with E-state index in [1.807, 2.05) is 41.7 Å². The zero-order valence-electron chi connectivity index (χ0n) is 13.3. The number of hydrogen-bond donors (Lipinski definition) is 1. The van der Waals surface area contributed by atoms with Crippen LogP contribution in [0.25, 0.3) is 0 Å². The molecule has 3 nitrogen and oxygen atoms in total. The largest absolute Gasteiger partial charge is 0.471 e. The molecular formula is C18H16F3NO2S. The fraction of sp³-hybridized carbons (Fsp3) is 0.222. The molecule has 0 aliphatic heterocycles. The number of alkyl halides is 3. The smallest absolute Gasteiger partial charge is 0.345 e. The number of carbonyl (C=O) groups excluding carboxylic acids is 2. The third-order valence-corrected chi connectivity index (χ3v) is 4.37. The molecule has 1 N–H and O–H groups in total. The van der Waals surface area contributed by atoms with Crippen molar-refractivity contribution in [1.82, 2.24) is 5.32 Å². The molecule has 1 amide bonds. The zero-order valence-corrected chi connectivity index (χ0v) is 14.2. The number of hydrogen-bond acceptors (Lipinski definition) is 3. The molecular weight excluding hydrogens is 351 g/mol. The van der Waals surface area contributed by atoms with Crippen molar-refractivity contribution in [3.8, 4) is 0 Å². The third kappa shape index (κ3) is 5.94. The topological polar surface area (TPSA) is 46.2 Å². The van der Waals surface area contributed by atoms with Crippen LogP contribution in [0.4, 0.5) is 13.2 Å². The van der Waals surface area contributed by atoms with Crippen molar-refractivity contribution in [3.63, 3.8) is 0 Å². The Morgan fingerprint density at radius 2 is 1.60 bits per heavy atom. The molecule has 0 aliphatic carbocycles. The van der Waals surface area contributed by atoms with Gasteiger partial charge in [0.2, 0.25) is 0 Å². The lowest BCUT2D eigenvalue weighted by Crippen LogP contribution is -2.42. The average Bonchev–Trinajstić information content (AvgIpc) is 2.56. The Labute approximate surface area is 147 Å². The van der Waals surface area contributed by atoms with E-state index in [2.05, 4.69) is 0 Å². The second kappa shape index (κ2) is 8.20. The Morgan fingerprint density at radius 3 is 2.08 bits per heavy atom. The molecule has 25 heavy (non-hydrogen) atoms. The molecule has 0 aromatic heterocycles. The van der Waals surface area contributed by atoms with Crippen LogP contribution in [-0.2, 0) is 11.2 Å². The summed E-state index contributed by atoms with van der Waals surface area (Å²) in [6.45, 7) is 1.53. The highest BCUT2D eigenvalue weighted by atomic mass is 32.2. The van der Waals surface area contributed by atoms with Gasteiger partial charge in [0.05, 0.1) is 0 Å². The monoisotopic (exact) mass is 367 g/mol. The van der Waals surface area contributed by atoms with Gasteiger partial charge in [-0.3, -0.25) is 9.59 Å². The van der Waals surface area contributed by atoms with Gasteiger partial charge in [-0.05, 0) is 43.2 Å². The van der Waals surface area contributed by atoms with Crippen LogP contribution in [0.3, 0.4) is 0 Å². The van der Waals surface area contributed by atoms with Crippen molar-refractivity contribution in [1.29, 1.82) is 0 Å². The molecule has 0 fully saturated rings. The van der Waals surface area contributed by atoms with E-state index in [0.717, 1.165) is 21.6 Å². The fourth-order valence-corrected chi connectivity index (χ4v) is 2.97. The van der Waals surface area contributed by atoms with Gasteiger partial charge >= 0.3 is 12.1 Å². The molecule has 0 aliphatic rings. The molecule has 132 valence electrons. The molecule has 7 heteroatoms. The minimum atomic E-state index is -4.87. The number of rotatable bonds is 6. The average molecular weight is 367 g/mol. The van der Waals surface area contributed by atoms with Crippen molar-refractivity contribution in [2.24, 2.45) is 0 Å². The molecule has 0 unspecified atom stereocenters. The highest BCUT2D eigenvalue weighted by Gasteiger charge is 2.39. The Kier molecular flexibility index (Phi) is 6.25. The van der Waals surface area contributed by atoms with Gasteiger partial charge < -0.3 is 5.32 Å². The summed E-state index contributed by atoms with van der Waals surface area (Å²) in [5.41, 5.74) is 1.44. The van der Waals surface area contributed by atoms with Crippen LogP contribution in [0.2, 0.25) is 0 Å². The predicted octanol–water partition coefficient (Wildman–Crippen LogP) is 4.26. The van der Waals surface area contributed by atoms with Crippen molar-refractivity contribution in [2.45, 2.75) is 35.4 Å². The van der Waals surface area contributed by atoms with E-state index in [0.29, 0.717) is 12.0 Å². The zero-order chi connectivity index (χ0) is 18.4. The van der Waals surface area contributed by atoms with Gasteiger partial charge in [-0.25, -0.2) is 0 Å². The molecule has 0 radical (unpaired) electrons. The van der Waals surface area contributed by atoms with Crippen molar-refractivity contribution < 1.29 is 22.8 Å². The van der Waals surface area contributed by atoms with E-state index in [1.165, 1.54) is 18.7 Å². The summed E-state index contributed by atoms with van der Waals surface area (Å²) in [5.74, 6) is -1.93. The highest BCUT2D eigenvalue weighted by Crippen LogP contribution is 2.28. The van der Waals surface area contributed by atoms with Crippen LogP contribution in [0.5, 0.6) is 0 Å². The molecule has 1 atom stereocenters. The Morgan fingerprint density at radius 1 is 1.08 bits per heavy atom. The second-order valence-corrected chi connectivity index (χ2v) is 6.66. The van der Waals surface area contributed by atoms with Crippen molar-refractivity contribution in [2.75, 3.05) is 0 Å². The molecule has 0 saturated carbocycles. The van der Waals surface area contributed by atoms with E-state index in [-0.39, 0.29) is 0 Å². The number of carbonyl (C=O) groups is 2. The van der Waals surface area contributed by atoms with Crippen LogP contribution in [-0.4, -0.2) is 24.4 Å². The summed E-state index contributed by atoms with van der Waals surface area (Å²) < 4.78 is 36.7. The molecule has 2 rings (SSSR count). The summed E-state index contributed by atoms with van der Waals surface area (Å²) in [6.07, 6.45) is -3.78. The predicted molar refractivity (Wildman–Crippen MR) is 89.8 cm³/mol. The third-order valence-electron chi connectivity index (χ3n) is 3.35. The maximum absolute atomic E-state index is 12.2. The van der Waals surface area contributed by atoms with Crippen LogP contribution >= 0.6 is 11.8 Å². The summed E-state index contributed by atoms with van der Waals surface area (Å²) >= 11 is 1.51. The van der Waals surface area contributed by atoms with Gasteiger partial charge in [0.1, 0.15) is 6.29 Å². The molecule has 0 heterocycles. The molecule has 0 bridgehead atoms. The first-order valence-electron chi connectivity index (χ1n) is 7.47. The second-order valence-electron chi connectivity index (χ2n) is 5.51. The van der Waals surface area contributed by atoms with Gasteiger partial charge in [0.25, 0.3) is 0 Å². The summed E-state index contributed by atoms with van der Waals surface area (Å²) in [5, 5.41) is 1.94. The lowest BCUT2D eigenvalue weighted by Gasteiger charge is -2.15. The Balaban J connectivity index is 1.92. The van der Waals surface area contributed by atoms with E-state index >= 15 is 0 Å². The molecule has 0 saturated heterocycles. The van der Waals surface area contributed by atoms with Crippen LogP contribution in [0, 0.1) is 0 Å². The Hall–Kier alpha value is -2.28. The van der Waals surface area contributed by atoms with Crippen molar-refractivity contribution >= 4 is 24.0 Å². The molecule has 0 spiro atoms. The quantitative estimate of drug-likeness (QED) is 0.776. The lowest BCUT2D eigenvalue weighted by molar-refractivity contribution is -0.174. The van der Waals surface area contributed by atoms with Gasteiger partial charge in [-0.15, -0.1) is 0 Å². The maximum Gasteiger partial charge on any atom is 0.471 e. The van der Waals surface area contributed by atoms with E-state index < -0.39 is 18.1 Å². The number of halogens is 3. The standard InChI is InChI=1S/C18H16F3NO2S/c1-12(22-17(24)18(19,20)21)10-13-2-6-15(7-3-13)25-16-8-4-14(11-23)5-9-16/h2-9,11-12H,10H2,1H3,(H,22,24)/t12-/m1/s1. The number of aldehydes is 1. The lowest BCUT2D eigenvalue weighted by atomic mass is 10.1. The normalized spacial score (nSPS) is 12.5. The highest BCUT2D eigenvalue weighted by molar-refractivity contribution is 7.99. The van der Waals surface area contributed by atoms with Crippen LogP contribution in [0.1, 0.15) is 22.8 Å². The Bertz CT molecular complexity index is 727. The first-order chi connectivity index (χ1) is 11.8. The van der Waals surface area contributed by atoms with Gasteiger partial charge in [-0.2, -0.15) is 13.2 Å². The fourth-order valence-electron chi connectivity index (χ4n) is 2.15. The van der Waals surface area contributed by atoms with E-state index in [4.69, 9.17) is 0 Å². The number of benzene rings is 2. The summed E-state index contributed by atoms with van der Waals surface area (Å²) in [6, 6.07) is 13.9. The number of nitrogens with one attached hydrogen (secondary N) is 1. The van der Waals surface area contributed by atoms with Gasteiger partial charge in [-0.1, -0.05) is 36.0 Å². The minimum Gasteiger partial charge on any atom is -0.345 e. The van der Waals surface area contributed by atoms with Crippen LogP contribution in [0.15, 0.2) is 58.3 Å². The SMILES string of the molecule is C[C@H](Cc1ccc(Sc2ccc(C=O)cc2)cc1)NC(=O)C(F)(F)F. The number of amides is 1. The van der Waals surface area contributed by atoms with Crippen LogP contribution < -0.4 is 5.32 Å². The summed E-state index contributed by atoms with van der Waals surface area (Å²) in [4.78, 5) is 23.5.